The lowest BCUT2D eigenvalue weighted by molar-refractivity contribution is 0.251. The molecule has 0 aromatic heterocycles. The number of urea groups is 1. The normalized spacial score (nSPS) is 10.2. The second kappa shape index (κ2) is 6.34. The zero-order valence-electron chi connectivity index (χ0n) is 10.3. The van der Waals surface area contributed by atoms with Crippen LogP contribution in [0.3, 0.4) is 0 Å². The van der Waals surface area contributed by atoms with Crippen LogP contribution in [-0.4, -0.2) is 6.03 Å². The van der Waals surface area contributed by atoms with Crippen LogP contribution in [0, 0.1) is 11.6 Å². The highest BCUT2D eigenvalue weighted by Gasteiger charge is 2.10. The van der Waals surface area contributed by atoms with Crippen molar-refractivity contribution in [2.45, 2.75) is 6.54 Å². The van der Waals surface area contributed by atoms with Crippen LogP contribution in [0.1, 0.15) is 5.56 Å². The fraction of sp³-hybridized carbons (Fsp3) is 0.0714. The lowest BCUT2D eigenvalue weighted by Gasteiger charge is -2.09. The molecule has 0 atom stereocenters. The van der Waals surface area contributed by atoms with Gasteiger partial charge >= 0.3 is 6.03 Å². The molecule has 0 fully saturated rings. The SMILES string of the molecule is O=C(NCc1cccc(F)c1)Nc1c(F)cccc1Cl. The smallest absolute Gasteiger partial charge is 0.319 e. The van der Waals surface area contributed by atoms with E-state index in [1.54, 1.807) is 6.07 Å². The summed E-state index contributed by atoms with van der Waals surface area (Å²) in [6.07, 6.45) is 0. The number of anilines is 1. The number of carbonyl (C=O) groups excluding carboxylic acids is 1. The van der Waals surface area contributed by atoms with Crippen LogP contribution in [0.4, 0.5) is 19.3 Å². The van der Waals surface area contributed by atoms with E-state index in [1.165, 1.54) is 36.4 Å². The Hall–Kier alpha value is -2.14. The number of para-hydroxylation sites is 1. The molecule has 20 heavy (non-hydrogen) atoms. The van der Waals surface area contributed by atoms with Gasteiger partial charge < -0.3 is 10.6 Å². The number of amides is 2. The summed E-state index contributed by atoms with van der Waals surface area (Å²) in [7, 11) is 0. The summed E-state index contributed by atoms with van der Waals surface area (Å²) in [5, 5.41) is 4.90. The van der Waals surface area contributed by atoms with Gasteiger partial charge in [0, 0.05) is 6.54 Å². The first-order chi connectivity index (χ1) is 9.56. The highest BCUT2D eigenvalue weighted by Crippen LogP contribution is 2.24. The molecule has 0 heterocycles. The minimum absolute atomic E-state index is 0.0918. The third kappa shape index (κ3) is 3.68. The van der Waals surface area contributed by atoms with Crippen molar-refractivity contribution < 1.29 is 13.6 Å². The number of halogens is 3. The number of benzene rings is 2. The van der Waals surface area contributed by atoms with E-state index in [-0.39, 0.29) is 23.1 Å². The third-order valence-corrected chi connectivity index (χ3v) is 2.86. The highest BCUT2D eigenvalue weighted by molar-refractivity contribution is 6.33. The van der Waals surface area contributed by atoms with Gasteiger partial charge in [-0.1, -0.05) is 29.8 Å². The van der Waals surface area contributed by atoms with Crippen molar-refractivity contribution in [2.24, 2.45) is 0 Å². The molecule has 2 amide bonds. The van der Waals surface area contributed by atoms with Crippen LogP contribution >= 0.6 is 11.6 Å². The molecule has 0 spiro atoms. The van der Waals surface area contributed by atoms with Crippen LogP contribution in [-0.2, 0) is 6.54 Å². The average Bonchev–Trinajstić information content (AvgIpc) is 2.41. The summed E-state index contributed by atoms with van der Waals surface area (Å²) in [5.41, 5.74) is 0.505. The van der Waals surface area contributed by atoms with Crippen molar-refractivity contribution in [2.75, 3.05) is 5.32 Å². The van der Waals surface area contributed by atoms with E-state index in [0.717, 1.165) is 0 Å². The first-order valence-electron chi connectivity index (χ1n) is 5.79. The average molecular weight is 297 g/mol. The summed E-state index contributed by atoms with van der Waals surface area (Å²) in [6.45, 7) is 0.121. The summed E-state index contributed by atoms with van der Waals surface area (Å²) >= 11 is 5.78. The standard InChI is InChI=1S/C14H11ClF2N2O/c15-11-5-2-6-12(17)13(11)19-14(20)18-8-9-3-1-4-10(16)7-9/h1-7H,8H2,(H2,18,19,20). The van der Waals surface area contributed by atoms with Crippen LogP contribution in [0.15, 0.2) is 42.5 Å². The Morgan fingerprint density at radius 2 is 1.90 bits per heavy atom. The van der Waals surface area contributed by atoms with Crippen molar-refractivity contribution in [3.05, 3.63) is 64.7 Å². The predicted molar refractivity (Wildman–Crippen MR) is 73.7 cm³/mol. The van der Waals surface area contributed by atoms with E-state index < -0.39 is 11.8 Å². The Morgan fingerprint density at radius 1 is 1.15 bits per heavy atom. The van der Waals surface area contributed by atoms with Gasteiger partial charge in [0.15, 0.2) is 0 Å². The first kappa shape index (κ1) is 14.3. The Morgan fingerprint density at radius 3 is 2.60 bits per heavy atom. The number of hydrogen-bond donors (Lipinski definition) is 2. The molecule has 2 N–H and O–H groups in total. The molecule has 0 aliphatic carbocycles. The fourth-order valence-electron chi connectivity index (χ4n) is 1.60. The van der Waals surface area contributed by atoms with Gasteiger partial charge in [0.25, 0.3) is 0 Å². The molecule has 0 radical (unpaired) electrons. The molecule has 0 unspecified atom stereocenters. The Balaban J connectivity index is 1.96. The van der Waals surface area contributed by atoms with E-state index in [9.17, 15) is 13.6 Å². The van der Waals surface area contributed by atoms with Crippen LogP contribution in [0.2, 0.25) is 5.02 Å². The van der Waals surface area contributed by atoms with E-state index in [1.807, 2.05) is 0 Å². The zero-order chi connectivity index (χ0) is 14.5. The molecule has 104 valence electrons. The van der Waals surface area contributed by atoms with Crippen LogP contribution < -0.4 is 10.6 Å². The van der Waals surface area contributed by atoms with E-state index in [4.69, 9.17) is 11.6 Å². The molecule has 3 nitrogen and oxygen atoms in total. The Kier molecular flexibility index (Phi) is 4.53. The lowest BCUT2D eigenvalue weighted by Crippen LogP contribution is -2.28. The molecule has 6 heteroatoms. The maximum Gasteiger partial charge on any atom is 0.319 e. The Labute approximate surface area is 119 Å². The molecule has 0 bridgehead atoms. The van der Waals surface area contributed by atoms with Gasteiger partial charge in [-0.3, -0.25) is 0 Å². The number of nitrogens with one attached hydrogen (secondary N) is 2. The topological polar surface area (TPSA) is 41.1 Å². The minimum Gasteiger partial charge on any atom is -0.334 e. The molecule has 2 rings (SSSR count). The van der Waals surface area contributed by atoms with Crippen LogP contribution in [0.5, 0.6) is 0 Å². The Bertz CT molecular complexity index is 614. The van der Waals surface area contributed by atoms with Gasteiger partial charge in [-0.05, 0) is 29.8 Å². The van der Waals surface area contributed by atoms with Crippen molar-refractivity contribution in [3.63, 3.8) is 0 Å². The zero-order valence-corrected chi connectivity index (χ0v) is 11.0. The monoisotopic (exact) mass is 296 g/mol. The number of carbonyl (C=O) groups is 1. The van der Waals surface area contributed by atoms with Gasteiger partial charge in [0.05, 0.1) is 10.7 Å². The van der Waals surface area contributed by atoms with Gasteiger partial charge in [-0.2, -0.15) is 0 Å². The summed E-state index contributed by atoms with van der Waals surface area (Å²) < 4.78 is 26.4. The number of rotatable bonds is 3. The van der Waals surface area contributed by atoms with Crippen LogP contribution in [0.25, 0.3) is 0 Å². The molecule has 2 aromatic rings. The van der Waals surface area contributed by atoms with Crippen molar-refractivity contribution in [1.29, 1.82) is 0 Å². The van der Waals surface area contributed by atoms with E-state index >= 15 is 0 Å². The predicted octanol–water partition coefficient (Wildman–Crippen LogP) is 3.94. The molecule has 0 saturated carbocycles. The fourth-order valence-corrected chi connectivity index (χ4v) is 1.81. The number of hydrogen-bond acceptors (Lipinski definition) is 1. The van der Waals surface area contributed by atoms with E-state index in [2.05, 4.69) is 10.6 Å². The van der Waals surface area contributed by atoms with Gasteiger partial charge in [-0.15, -0.1) is 0 Å². The van der Waals surface area contributed by atoms with Crippen molar-refractivity contribution in [3.8, 4) is 0 Å². The summed E-state index contributed by atoms with van der Waals surface area (Å²) in [5.74, 6) is -1.01. The molecular weight excluding hydrogens is 286 g/mol. The van der Waals surface area contributed by atoms with Gasteiger partial charge in [-0.25, -0.2) is 13.6 Å². The molecule has 0 aliphatic rings. The third-order valence-electron chi connectivity index (χ3n) is 2.54. The second-order valence-electron chi connectivity index (χ2n) is 4.03. The highest BCUT2D eigenvalue weighted by atomic mass is 35.5. The summed E-state index contributed by atoms with van der Waals surface area (Å²) in [4.78, 5) is 11.6. The molecule has 0 saturated heterocycles. The van der Waals surface area contributed by atoms with Gasteiger partial charge in [0.2, 0.25) is 0 Å². The minimum atomic E-state index is -0.626. The molecular formula is C14H11ClF2N2O. The van der Waals surface area contributed by atoms with Crippen molar-refractivity contribution in [1.82, 2.24) is 5.32 Å². The second-order valence-corrected chi connectivity index (χ2v) is 4.44. The maximum absolute atomic E-state index is 13.5. The molecule has 0 aliphatic heterocycles. The lowest BCUT2D eigenvalue weighted by atomic mass is 10.2. The maximum atomic E-state index is 13.5. The summed E-state index contributed by atoms with van der Waals surface area (Å²) in [6, 6.07) is 9.28. The van der Waals surface area contributed by atoms with E-state index in [0.29, 0.717) is 5.56 Å². The first-order valence-corrected chi connectivity index (χ1v) is 6.17. The van der Waals surface area contributed by atoms with Crippen molar-refractivity contribution >= 4 is 23.3 Å². The molecule has 2 aromatic carbocycles. The van der Waals surface area contributed by atoms with Gasteiger partial charge in [0.1, 0.15) is 11.6 Å². The quantitative estimate of drug-likeness (QED) is 0.885. The largest absolute Gasteiger partial charge is 0.334 e.